The molecule has 0 fully saturated rings. The van der Waals surface area contributed by atoms with E-state index < -0.39 is 17.4 Å². The molecule has 5 nitrogen and oxygen atoms in total. The summed E-state index contributed by atoms with van der Waals surface area (Å²) in [5, 5.41) is 8.86. The van der Waals surface area contributed by atoms with Gasteiger partial charge in [-0.3, -0.25) is 4.79 Å². The third-order valence-electron chi connectivity index (χ3n) is 2.63. The topological polar surface area (TPSA) is 85.7 Å². The number of carbonyl (C=O) groups is 1. The molecule has 0 spiro atoms. The van der Waals surface area contributed by atoms with Gasteiger partial charge in [-0.05, 0) is 26.0 Å². The largest absolute Gasteiger partial charge is 0.469 e. The fourth-order valence-corrected chi connectivity index (χ4v) is 1.39. The molecule has 98 valence electrons. The van der Waals surface area contributed by atoms with Gasteiger partial charge in [0.05, 0.1) is 18.6 Å². The summed E-state index contributed by atoms with van der Waals surface area (Å²) in [7, 11) is 1.32. The number of esters is 1. The zero-order valence-electron chi connectivity index (χ0n) is 10.1. The monoisotopic (exact) mass is 263 g/mol. The van der Waals surface area contributed by atoms with Gasteiger partial charge in [0.25, 0.3) is 0 Å². The van der Waals surface area contributed by atoms with E-state index in [2.05, 4.69) is 4.74 Å². The van der Waals surface area contributed by atoms with Gasteiger partial charge in [-0.15, -0.1) is 12.4 Å². The van der Waals surface area contributed by atoms with Crippen LogP contribution in [0, 0.1) is 5.41 Å². The molecule has 1 heterocycles. The Labute approximate surface area is 106 Å². The van der Waals surface area contributed by atoms with Gasteiger partial charge in [-0.2, -0.15) is 0 Å². The maximum Gasteiger partial charge on any atom is 0.313 e. The van der Waals surface area contributed by atoms with Crippen LogP contribution in [0.2, 0.25) is 0 Å². The van der Waals surface area contributed by atoms with E-state index in [0.29, 0.717) is 11.5 Å². The minimum atomic E-state index is -0.876. The number of aliphatic hydroxyl groups is 1. The maximum absolute atomic E-state index is 11.5. The van der Waals surface area contributed by atoms with Gasteiger partial charge in [-0.1, -0.05) is 0 Å². The van der Waals surface area contributed by atoms with Gasteiger partial charge in [0.2, 0.25) is 0 Å². The summed E-state index contributed by atoms with van der Waals surface area (Å²) in [4.78, 5) is 11.5. The van der Waals surface area contributed by atoms with Crippen LogP contribution in [0.4, 0.5) is 0 Å². The number of carbonyl (C=O) groups excluding carboxylic acids is 1. The van der Waals surface area contributed by atoms with Crippen LogP contribution >= 0.6 is 12.4 Å². The lowest BCUT2D eigenvalue weighted by Crippen LogP contribution is -2.37. The van der Waals surface area contributed by atoms with E-state index >= 15 is 0 Å². The second-order valence-electron chi connectivity index (χ2n) is 4.15. The predicted octanol–water partition coefficient (Wildman–Crippen LogP) is 1.39. The van der Waals surface area contributed by atoms with E-state index in [9.17, 15) is 4.79 Å². The lowest BCUT2D eigenvalue weighted by Gasteiger charge is -2.26. The summed E-state index contributed by atoms with van der Waals surface area (Å²) in [5.41, 5.74) is 5.07. The first-order valence-corrected chi connectivity index (χ1v) is 4.97. The smallest absolute Gasteiger partial charge is 0.313 e. The molecule has 1 aromatic heterocycles. The Kier molecular flexibility index (Phi) is 5.68. The van der Waals surface area contributed by atoms with E-state index in [4.69, 9.17) is 15.3 Å². The molecule has 0 radical (unpaired) electrons. The Bertz CT molecular complexity index is 375. The summed E-state index contributed by atoms with van der Waals surface area (Å²) in [6, 6.07) is 2.67. The third-order valence-corrected chi connectivity index (χ3v) is 2.63. The van der Waals surface area contributed by atoms with Crippen molar-refractivity contribution in [2.75, 3.05) is 7.11 Å². The van der Waals surface area contributed by atoms with Gasteiger partial charge in [0.15, 0.2) is 0 Å². The highest BCUT2D eigenvalue weighted by Gasteiger charge is 2.38. The SMILES string of the molecule is COC(=O)C(C)(C)[C@H](N)c1ccc(CO)o1.Cl. The number of furan rings is 1. The first-order valence-electron chi connectivity index (χ1n) is 4.97. The van der Waals surface area contributed by atoms with Crippen LogP contribution in [0.5, 0.6) is 0 Å². The number of hydrogen-bond acceptors (Lipinski definition) is 5. The summed E-state index contributed by atoms with van der Waals surface area (Å²) < 4.78 is 9.97. The fraction of sp³-hybridized carbons (Fsp3) is 0.545. The molecule has 6 heteroatoms. The molecule has 0 aliphatic carbocycles. The summed E-state index contributed by atoms with van der Waals surface area (Å²) in [5.74, 6) is 0.479. The van der Waals surface area contributed by atoms with Gasteiger partial charge < -0.3 is 20.0 Å². The average Bonchev–Trinajstić information content (AvgIpc) is 2.75. The second kappa shape index (κ2) is 6.05. The molecule has 0 saturated heterocycles. The predicted molar refractivity (Wildman–Crippen MR) is 64.6 cm³/mol. The number of methoxy groups -OCH3 is 1. The first-order chi connectivity index (χ1) is 7.43. The van der Waals surface area contributed by atoms with E-state index in [1.165, 1.54) is 7.11 Å². The molecule has 0 saturated carbocycles. The van der Waals surface area contributed by atoms with Crippen molar-refractivity contribution < 1.29 is 19.1 Å². The van der Waals surface area contributed by atoms with Crippen molar-refractivity contribution in [3.8, 4) is 0 Å². The molecule has 0 bridgehead atoms. The Morgan fingerprint density at radius 3 is 2.59 bits per heavy atom. The van der Waals surface area contributed by atoms with Crippen LogP contribution in [0.3, 0.4) is 0 Å². The molecule has 0 aromatic carbocycles. The number of rotatable bonds is 4. The van der Waals surface area contributed by atoms with E-state index in [-0.39, 0.29) is 19.0 Å². The Morgan fingerprint density at radius 1 is 1.59 bits per heavy atom. The highest BCUT2D eigenvalue weighted by Crippen LogP contribution is 2.33. The molecule has 3 N–H and O–H groups in total. The van der Waals surface area contributed by atoms with Crippen LogP contribution < -0.4 is 5.73 Å². The summed E-state index contributed by atoms with van der Waals surface area (Å²) in [6.45, 7) is 3.18. The van der Waals surface area contributed by atoms with Crippen molar-refractivity contribution in [3.63, 3.8) is 0 Å². The van der Waals surface area contributed by atoms with Crippen LogP contribution in [-0.2, 0) is 16.1 Å². The van der Waals surface area contributed by atoms with Crippen LogP contribution in [0.25, 0.3) is 0 Å². The van der Waals surface area contributed by atoms with Crippen molar-refractivity contribution in [2.45, 2.75) is 26.5 Å². The third kappa shape index (κ3) is 3.21. The quantitative estimate of drug-likeness (QED) is 0.802. The summed E-state index contributed by atoms with van der Waals surface area (Å²) in [6.07, 6.45) is 0. The first kappa shape index (κ1) is 16.0. The lowest BCUT2D eigenvalue weighted by atomic mass is 9.83. The fourth-order valence-electron chi connectivity index (χ4n) is 1.39. The molecule has 0 unspecified atom stereocenters. The minimum absolute atomic E-state index is 0. The average molecular weight is 264 g/mol. The van der Waals surface area contributed by atoms with Crippen molar-refractivity contribution in [2.24, 2.45) is 11.1 Å². The second-order valence-corrected chi connectivity index (χ2v) is 4.15. The summed E-state index contributed by atoms with van der Waals surface area (Å²) >= 11 is 0. The standard InChI is InChI=1S/C11H17NO4.ClH/c1-11(2,10(14)15-3)9(12)8-5-4-7(6-13)16-8;/h4-5,9,13H,6,12H2,1-3H3;1H/t9-;/m1./s1. The van der Waals surface area contributed by atoms with Crippen molar-refractivity contribution >= 4 is 18.4 Å². The molecule has 0 aliphatic rings. The zero-order chi connectivity index (χ0) is 12.3. The minimum Gasteiger partial charge on any atom is -0.469 e. The Balaban J connectivity index is 0.00000256. The zero-order valence-corrected chi connectivity index (χ0v) is 10.9. The maximum atomic E-state index is 11.5. The molecule has 0 aliphatic heterocycles. The van der Waals surface area contributed by atoms with E-state index in [0.717, 1.165) is 0 Å². The Morgan fingerprint density at radius 2 is 2.18 bits per heavy atom. The lowest BCUT2D eigenvalue weighted by molar-refractivity contribution is -0.152. The number of nitrogens with two attached hydrogens (primary N) is 1. The molecule has 1 rings (SSSR count). The molecular weight excluding hydrogens is 246 g/mol. The van der Waals surface area contributed by atoms with E-state index in [1.54, 1.807) is 26.0 Å². The Hall–Kier alpha value is -1.04. The number of aliphatic hydroxyl groups excluding tert-OH is 1. The number of halogens is 1. The van der Waals surface area contributed by atoms with Gasteiger partial charge in [0.1, 0.15) is 18.1 Å². The van der Waals surface area contributed by atoms with Crippen molar-refractivity contribution in [1.82, 2.24) is 0 Å². The number of hydrogen-bond donors (Lipinski definition) is 2. The molecule has 1 aromatic rings. The molecule has 17 heavy (non-hydrogen) atoms. The van der Waals surface area contributed by atoms with Gasteiger partial charge in [-0.25, -0.2) is 0 Å². The highest BCUT2D eigenvalue weighted by molar-refractivity contribution is 5.85. The van der Waals surface area contributed by atoms with E-state index in [1.807, 2.05) is 0 Å². The van der Waals surface area contributed by atoms with Crippen LogP contribution in [0.15, 0.2) is 16.5 Å². The van der Waals surface area contributed by atoms with Crippen LogP contribution in [0.1, 0.15) is 31.4 Å². The molecule has 1 atom stereocenters. The van der Waals surface area contributed by atoms with Crippen molar-refractivity contribution in [3.05, 3.63) is 23.7 Å². The van der Waals surface area contributed by atoms with Crippen LogP contribution in [-0.4, -0.2) is 18.2 Å². The molecular formula is C11H18ClNO4. The highest BCUT2D eigenvalue weighted by atomic mass is 35.5. The van der Waals surface area contributed by atoms with Gasteiger partial charge in [0, 0.05) is 0 Å². The number of ether oxygens (including phenoxy) is 1. The van der Waals surface area contributed by atoms with Gasteiger partial charge >= 0.3 is 5.97 Å². The molecule has 0 amide bonds. The normalized spacial score (nSPS) is 12.8. The van der Waals surface area contributed by atoms with Crippen molar-refractivity contribution in [1.29, 1.82) is 0 Å².